The lowest BCUT2D eigenvalue weighted by atomic mass is 9.83. The molecule has 0 amide bonds. The first-order valence-corrected chi connectivity index (χ1v) is 7.48. The van der Waals surface area contributed by atoms with Crippen molar-refractivity contribution >= 4 is 5.97 Å². The highest BCUT2D eigenvalue weighted by Gasteiger charge is 2.46. The van der Waals surface area contributed by atoms with Crippen LogP contribution in [0, 0.1) is 0 Å². The van der Waals surface area contributed by atoms with E-state index in [0.717, 1.165) is 38.9 Å². The first-order valence-electron chi connectivity index (χ1n) is 7.48. The Morgan fingerprint density at radius 1 is 1.25 bits per heavy atom. The van der Waals surface area contributed by atoms with Crippen molar-refractivity contribution in [1.82, 2.24) is 4.90 Å². The summed E-state index contributed by atoms with van der Waals surface area (Å²) in [7, 11) is 0. The minimum atomic E-state index is -0.825. The van der Waals surface area contributed by atoms with E-state index in [1.165, 1.54) is 0 Å². The van der Waals surface area contributed by atoms with Crippen molar-refractivity contribution in [1.29, 1.82) is 0 Å². The van der Waals surface area contributed by atoms with E-state index in [4.69, 9.17) is 9.47 Å². The summed E-state index contributed by atoms with van der Waals surface area (Å²) >= 11 is 0. The second-order valence-electron chi connectivity index (χ2n) is 6.23. The summed E-state index contributed by atoms with van der Waals surface area (Å²) in [5, 5.41) is 19.1. The zero-order valence-corrected chi connectivity index (χ0v) is 11.7. The van der Waals surface area contributed by atoms with Gasteiger partial charge in [-0.15, -0.1) is 0 Å². The second kappa shape index (κ2) is 5.60. The molecule has 0 aromatic heterocycles. The predicted molar refractivity (Wildman–Crippen MR) is 70.5 cm³/mol. The maximum Gasteiger partial charge on any atom is 0.321 e. The van der Waals surface area contributed by atoms with Gasteiger partial charge in [-0.2, -0.15) is 0 Å². The van der Waals surface area contributed by atoms with Crippen molar-refractivity contribution in [3.63, 3.8) is 0 Å². The van der Waals surface area contributed by atoms with E-state index in [1.54, 1.807) is 0 Å². The monoisotopic (exact) mass is 285 g/mol. The molecule has 1 spiro atoms. The van der Waals surface area contributed by atoms with Crippen LogP contribution in [0.4, 0.5) is 0 Å². The summed E-state index contributed by atoms with van der Waals surface area (Å²) in [5.74, 6) is -0.825. The van der Waals surface area contributed by atoms with Crippen LogP contribution in [0.2, 0.25) is 0 Å². The number of carbonyl (C=O) groups is 1. The van der Waals surface area contributed by atoms with Crippen molar-refractivity contribution in [2.24, 2.45) is 0 Å². The zero-order chi connectivity index (χ0) is 14.2. The number of likely N-dealkylation sites (tertiary alicyclic amines) is 1. The van der Waals surface area contributed by atoms with Gasteiger partial charge in [0.2, 0.25) is 0 Å². The molecule has 0 aromatic rings. The summed E-state index contributed by atoms with van der Waals surface area (Å²) in [6, 6.07) is -0.356. The molecule has 0 aliphatic carbocycles. The quantitative estimate of drug-likeness (QED) is 0.756. The van der Waals surface area contributed by atoms with Crippen LogP contribution in [0.15, 0.2) is 0 Å². The molecule has 2 N–H and O–H groups in total. The first-order chi connectivity index (χ1) is 9.60. The van der Waals surface area contributed by atoms with E-state index in [-0.39, 0.29) is 11.6 Å². The van der Waals surface area contributed by atoms with Gasteiger partial charge in [0.25, 0.3) is 0 Å². The van der Waals surface area contributed by atoms with Crippen LogP contribution in [-0.4, -0.2) is 71.2 Å². The topological polar surface area (TPSA) is 79.2 Å². The number of hydrogen-bond acceptors (Lipinski definition) is 5. The molecule has 0 saturated carbocycles. The van der Waals surface area contributed by atoms with Gasteiger partial charge in [-0.3, -0.25) is 9.69 Å². The number of ether oxygens (including phenoxy) is 2. The van der Waals surface area contributed by atoms with Gasteiger partial charge in [0.1, 0.15) is 6.04 Å². The van der Waals surface area contributed by atoms with Gasteiger partial charge < -0.3 is 19.7 Å². The fourth-order valence-corrected chi connectivity index (χ4v) is 3.86. The molecule has 6 heteroatoms. The Labute approximate surface area is 118 Å². The van der Waals surface area contributed by atoms with Gasteiger partial charge in [-0.25, -0.2) is 0 Å². The highest BCUT2D eigenvalue weighted by molar-refractivity contribution is 5.74. The first kappa shape index (κ1) is 14.3. The fraction of sp³-hybridized carbons (Fsp3) is 0.929. The lowest BCUT2D eigenvalue weighted by molar-refractivity contribution is -0.159. The number of β-amino-alcohol motifs (C(OH)–C–C–N with tert-alkyl or cyclic N) is 1. The summed E-state index contributed by atoms with van der Waals surface area (Å²) in [6.07, 6.45) is 3.29. The zero-order valence-electron chi connectivity index (χ0n) is 11.7. The normalized spacial score (nSPS) is 38.1. The van der Waals surface area contributed by atoms with E-state index >= 15 is 0 Å². The molecular formula is C14H23NO5. The molecule has 3 atom stereocenters. The predicted octanol–water partition coefficient (Wildman–Crippen LogP) is 0.234. The Bertz CT molecular complexity index is 363. The van der Waals surface area contributed by atoms with Gasteiger partial charge in [-0.1, -0.05) is 0 Å². The molecule has 0 aromatic carbocycles. The molecule has 0 bridgehead atoms. The number of aliphatic carboxylic acids is 1. The van der Waals surface area contributed by atoms with Crippen molar-refractivity contribution in [3.05, 3.63) is 0 Å². The maximum absolute atomic E-state index is 11.4. The van der Waals surface area contributed by atoms with Crippen LogP contribution in [0.1, 0.15) is 32.1 Å². The Kier molecular flexibility index (Phi) is 3.99. The average molecular weight is 285 g/mol. The van der Waals surface area contributed by atoms with E-state index in [0.29, 0.717) is 19.6 Å². The third kappa shape index (κ3) is 2.70. The minimum absolute atomic E-state index is 0.141. The lowest BCUT2D eigenvalue weighted by Crippen LogP contribution is -2.53. The van der Waals surface area contributed by atoms with Crippen LogP contribution >= 0.6 is 0 Å². The highest BCUT2D eigenvalue weighted by Crippen LogP contribution is 2.38. The van der Waals surface area contributed by atoms with Gasteiger partial charge in [-0.05, 0) is 25.7 Å². The van der Waals surface area contributed by atoms with E-state index in [2.05, 4.69) is 0 Å². The number of carboxylic acids is 1. The van der Waals surface area contributed by atoms with Gasteiger partial charge in [0, 0.05) is 38.8 Å². The summed E-state index contributed by atoms with van der Waals surface area (Å²) in [4.78, 5) is 13.3. The molecule has 3 aliphatic heterocycles. The third-order valence-corrected chi connectivity index (χ3v) is 4.94. The highest BCUT2D eigenvalue weighted by atomic mass is 16.5. The Hall–Kier alpha value is -0.690. The van der Waals surface area contributed by atoms with E-state index in [9.17, 15) is 15.0 Å². The smallest absolute Gasteiger partial charge is 0.321 e. The number of carboxylic acid groups (broad SMARTS) is 1. The molecule has 3 saturated heterocycles. The number of rotatable bonds is 2. The average Bonchev–Trinajstić information content (AvgIpc) is 2.82. The molecule has 3 unspecified atom stereocenters. The number of aliphatic hydroxyl groups excluding tert-OH is 1. The molecule has 0 radical (unpaired) electrons. The van der Waals surface area contributed by atoms with Crippen LogP contribution in [-0.2, 0) is 14.3 Å². The largest absolute Gasteiger partial charge is 0.480 e. The van der Waals surface area contributed by atoms with E-state index in [1.807, 2.05) is 4.90 Å². The van der Waals surface area contributed by atoms with Crippen molar-refractivity contribution < 1.29 is 24.5 Å². The summed E-state index contributed by atoms with van der Waals surface area (Å²) in [5.41, 5.74) is -0.141. The van der Waals surface area contributed by atoms with Crippen molar-refractivity contribution in [2.45, 2.75) is 55.9 Å². The molecule has 3 heterocycles. The van der Waals surface area contributed by atoms with Crippen LogP contribution in [0.5, 0.6) is 0 Å². The van der Waals surface area contributed by atoms with Gasteiger partial charge >= 0.3 is 5.97 Å². The van der Waals surface area contributed by atoms with Gasteiger partial charge in [0.15, 0.2) is 0 Å². The Balaban J connectivity index is 1.71. The molecule has 3 fully saturated rings. The standard InChI is InChI=1S/C14H23NO5/c16-11-7-12(13(17)18)15(9-11)10-1-4-20-14(8-10)2-5-19-6-3-14/h10-12,16H,1-9H2,(H,17,18). The van der Waals surface area contributed by atoms with Crippen molar-refractivity contribution in [2.75, 3.05) is 26.4 Å². The number of aliphatic hydroxyl groups is 1. The van der Waals surface area contributed by atoms with E-state index < -0.39 is 18.1 Å². The Morgan fingerprint density at radius 2 is 2.00 bits per heavy atom. The second-order valence-corrected chi connectivity index (χ2v) is 6.23. The number of nitrogens with zero attached hydrogens (tertiary/aromatic N) is 1. The summed E-state index contributed by atoms with van der Waals surface area (Å²) < 4.78 is 11.4. The molecule has 3 rings (SSSR count). The van der Waals surface area contributed by atoms with Crippen LogP contribution < -0.4 is 0 Å². The minimum Gasteiger partial charge on any atom is -0.480 e. The molecular weight excluding hydrogens is 262 g/mol. The molecule has 3 aliphatic rings. The molecule has 6 nitrogen and oxygen atoms in total. The van der Waals surface area contributed by atoms with Crippen LogP contribution in [0.25, 0.3) is 0 Å². The SMILES string of the molecule is O=C(O)C1CC(O)CN1C1CCOC2(CCOCC2)C1. The Morgan fingerprint density at radius 3 is 2.70 bits per heavy atom. The van der Waals surface area contributed by atoms with Crippen molar-refractivity contribution in [3.8, 4) is 0 Å². The molecule has 114 valence electrons. The third-order valence-electron chi connectivity index (χ3n) is 4.94. The lowest BCUT2D eigenvalue weighted by Gasteiger charge is -2.46. The maximum atomic E-state index is 11.4. The summed E-state index contributed by atoms with van der Waals surface area (Å²) in [6.45, 7) is 2.58. The number of hydrogen-bond donors (Lipinski definition) is 2. The van der Waals surface area contributed by atoms with Crippen LogP contribution in [0.3, 0.4) is 0 Å². The molecule has 20 heavy (non-hydrogen) atoms. The van der Waals surface area contributed by atoms with Gasteiger partial charge in [0.05, 0.1) is 11.7 Å². The fourth-order valence-electron chi connectivity index (χ4n) is 3.86.